The standard InChI is InChI=1S/C15H18FN3/c1-3-11(9-17)15-18-10(2)8-14(19-15)12-6-4-5-7-13(12)16/h4-8,11H,3,9,17H2,1-2H3. The number of halogens is 1. The van der Waals surface area contributed by atoms with E-state index in [0.717, 1.165) is 12.1 Å². The molecule has 0 aliphatic carbocycles. The SMILES string of the molecule is CCC(CN)c1nc(C)cc(-c2ccccc2F)n1. The molecule has 0 saturated carbocycles. The van der Waals surface area contributed by atoms with E-state index >= 15 is 0 Å². The molecule has 4 heteroatoms. The van der Waals surface area contributed by atoms with E-state index in [-0.39, 0.29) is 11.7 Å². The van der Waals surface area contributed by atoms with Crippen LogP contribution in [0.25, 0.3) is 11.3 Å². The topological polar surface area (TPSA) is 51.8 Å². The maximum atomic E-state index is 13.8. The van der Waals surface area contributed by atoms with E-state index in [1.165, 1.54) is 6.07 Å². The van der Waals surface area contributed by atoms with Crippen LogP contribution >= 0.6 is 0 Å². The summed E-state index contributed by atoms with van der Waals surface area (Å²) in [5.74, 6) is 0.543. The number of rotatable bonds is 4. The average molecular weight is 259 g/mol. The molecule has 0 saturated heterocycles. The maximum absolute atomic E-state index is 13.8. The van der Waals surface area contributed by atoms with Crippen LogP contribution in [0.5, 0.6) is 0 Å². The van der Waals surface area contributed by atoms with Crippen LogP contribution in [0.4, 0.5) is 4.39 Å². The van der Waals surface area contributed by atoms with E-state index in [1.54, 1.807) is 24.3 Å². The zero-order valence-electron chi connectivity index (χ0n) is 11.2. The smallest absolute Gasteiger partial charge is 0.133 e. The monoisotopic (exact) mass is 259 g/mol. The van der Waals surface area contributed by atoms with Gasteiger partial charge >= 0.3 is 0 Å². The van der Waals surface area contributed by atoms with E-state index in [9.17, 15) is 4.39 Å². The van der Waals surface area contributed by atoms with Gasteiger partial charge in [0.15, 0.2) is 0 Å². The molecule has 100 valence electrons. The fraction of sp³-hybridized carbons (Fsp3) is 0.333. The Kier molecular flexibility index (Phi) is 4.22. The number of benzene rings is 1. The summed E-state index contributed by atoms with van der Waals surface area (Å²) >= 11 is 0. The minimum atomic E-state index is -0.271. The molecule has 0 aliphatic rings. The van der Waals surface area contributed by atoms with Crippen molar-refractivity contribution < 1.29 is 4.39 Å². The molecule has 2 rings (SSSR count). The van der Waals surface area contributed by atoms with E-state index in [0.29, 0.717) is 23.6 Å². The highest BCUT2D eigenvalue weighted by molar-refractivity contribution is 5.60. The first-order chi connectivity index (χ1) is 9.15. The highest BCUT2D eigenvalue weighted by Gasteiger charge is 2.14. The van der Waals surface area contributed by atoms with Crippen molar-refractivity contribution in [2.45, 2.75) is 26.2 Å². The van der Waals surface area contributed by atoms with Gasteiger partial charge in [-0.1, -0.05) is 19.1 Å². The van der Waals surface area contributed by atoms with Gasteiger partial charge in [0.2, 0.25) is 0 Å². The third kappa shape index (κ3) is 2.96. The fourth-order valence-electron chi connectivity index (χ4n) is 2.04. The molecule has 2 aromatic rings. The molecule has 3 nitrogen and oxygen atoms in total. The first-order valence-corrected chi connectivity index (χ1v) is 6.46. The molecule has 1 aromatic heterocycles. The second-order valence-electron chi connectivity index (χ2n) is 4.57. The molecule has 0 bridgehead atoms. The molecule has 1 atom stereocenters. The first-order valence-electron chi connectivity index (χ1n) is 6.46. The van der Waals surface area contributed by atoms with Crippen LogP contribution in [0.15, 0.2) is 30.3 Å². The Balaban J connectivity index is 2.51. The molecule has 1 unspecified atom stereocenters. The normalized spacial score (nSPS) is 12.4. The highest BCUT2D eigenvalue weighted by Crippen LogP contribution is 2.23. The number of hydrogen-bond acceptors (Lipinski definition) is 3. The van der Waals surface area contributed by atoms with Gasteiger partial charge in [-0.05, 0) is 31.5 Å². The van der Waals surface area contributed by atoms with E-state index in [4.69, 9.17) is 5.73 Å². The van der Waals surface area contributed by atoms with Crippen molar-refractivity contribution in [1.29, 1.82) is 0 Å². The number of aryl methyl sites for hydroxylation is 1. The first kappa shape index (κ1) is 13.6. The molecule has 1 heterocycles. The lowest BCUT2D eigenvalue weighted by Gasteiger charge is -2.13. The van der Waals surface area contributed by atoms with E-state index < -0.39 is 0 Å². The van der Waals surface area contributed by atoms with Crippen LogP contribution < -0.4 is 5.73 Å². The zero-order valence-corrected chi connectivity index (χ0v) is 11.2. The van der Waals surface area contributed by atoms with Crippen LogP contribution in [0, 0.1) is 12.7 Å². The van der Waals surface area contributed by atoms with Gasteiger partial charge in [-0.2, -0.15) is 0 Å². The number of nitrogens with zero attached hydrogens (tertiary/aromatic N) is 2. The largest absolute Gasteiger partial charge is 0.330 e. The van der Waals surface area contributed by atoms with Crippen molar-refractivity contribution in [3.63, 3.8) is 0 Å². The summed E-state index contributed by atoms with van der Waals surface area (Å²) in [6.45, 7) is 4.43. The fourth-order valence-corrected chi connectivity index (χ4v) is 2.04. The van der Waals surface area contributed by atoms with Crippen LogP contribution in [0.1, 0.15) is 30.8 Å². The summed E-state index contributed by atoms with van der Waals surface area (Å²) in [6, 6.07) is 8.43. The molecule has 0 radical (unpaired) electrons. The molecule has 0 spiro atoms. The van der Waals surface area contributed by atoms with Crippen molar-refractivity contribution in [1.82, 2.24) is 9.97 Å². The van der Waals surface area contributed by atoms with Crippen LogP contribution in [-0.2, 0) is 0 Å². The molecular weight excluding hydrogens is 241 g/mol. The average Bonchev–Trinajstić information content (AvgIpc) is 2.40. The highest BCUT2D eigenvalue weighted by atomic mass is 19.1. The summed E-state index contributed by atoms with van der Waals surface area (Å²) in [7, 11) is 0. The number of hydrogen-bond donors (Lipinski definition) is 1. The van der Waals surface area contributed by atoms with Crippen LogP contribution in [-0.4, -0.2) is 16.5 Å². The molecule has 0 fully saturated rings. The summed E-state index contributed by atoms with van der Waals surface area (Å²) in [5.41, 5.74) is 7.68. The van der Waals surface area contributed by atoms with E-state index in [2.05, 4.69) is 9.97 Å². The summed E-state index contributed by atoms with van der Waals surface area (Å²) in [5, 5.41) is 0. The van der Waals surface area contributed by atoms with Crippen LogP contribution in [0.3, 0.4) is 0 Å². The van der Waals surface area contributed by atoms with Gasteiger partial charge in [-0.25, -0.2) is 14.4 Å². The molecule has 19 heavy (non-hydrogen) atoms. The number of aromatic nitrogens is 2. The summed E-state index contributed by atoms with van der Waals surface area (Å²) < 4.78 is 13.8. The second kappa shape index (κ2) is 5.89. The van der Waals surface area contributed by atoms with Gasteiger partial charge in [0.1, 0.15) is 11.6 Å². The molecule has 0 amide bonds. The Hall–Kier alpha value is -1.81. The van der Waals surface area contributed by atoms with Gasteiger partial charge in [-0.3, -0.25) is 0 Å². The Morgan fingerprint density at radius 1 is 1.26 bits per heavy atom. The lowest BCUT2D eigenvalue weighted by molar-refractivity contribution is 0.622. The molecule has 0 aliphatic heterocycles. The molecular formula is C15H18FN3. The van der Waals surface area contributed by atoms with Crippen molar-refractivity contribution in [3.8, 4) is 11.3 Å². The third-order valence-corrected chi connectivity index (χ3v) is 3.16. The van der Waals surface area contributed by atoms with Crippen molar-refractivity contribution in [2.24, 2.45) is 5.73 Å². The summed E-state index contributed by atoms with van der Waals surface area (Å²) in [6.07, 6.45) is 0.872. The maximum Gasteiger partial charge on any atom is 0.133 e. The van der Waals surface area contributed by atoms with Crippen molar-refractivity contribution in [3.05, 3.63) is 47.7 Å². The lowest BCUT2D eigenvalue weighted by atomic mass is 10.0. The number of nitrogens with two attached hydrogens (primary N) is 1. The quantitative estimate of drug-likeness (QED) is 0.918. The van der Waals surface area contributed by atoms with Gasteiger partial charge < -0.3 is 5.73 Å². The van der Waals surface area contributed by atoms with Gasteiger partial charge in [0.25, 0.3) is 0 Å². The Bertz CT molecular complexity index is 565. The Morgan fingerprint density at radius 3 is 2.63 bits per heavy atom. The van der Waals surface area contributed by atoms with E-state index in [1.807, 2.05) is 13.8 Å². The predicted molar refractivity (Wildman–Crippen MR) is 74.2 cm³/mol. The predicted octanol–water partition coefficient (Wildman–Crippen LogP) is 3.04. The van der Waals surface area contributed by atoms with Gasteiger partial charge in [0.05, 0.1) is 5.69 Å². The van der Waals surface area contributed by atoms with Crippen LogP contribution in [0.2, 0.25) is 0 Å². The summed E-state index contributed by atoms with van der Waals surface area (Å²) in [4.78, 5) is 8.89. The zero-order chi connectivity index (χ0) is 13.8. The third-order valence-electron chi connectivity index (χ3n) is 3.16. The molecule has 1 aromatic carbocycles. The molecule has 2 N–H and O–H groups in total. The minimum Gasteiger partial charge on any atom is -0.330 e. The van der Waals surface area contributed by atoms with Gasteiger partial charge in [-0.15, -0.1) is 0 Å². The second-order valence-corrected chi connectivity index (χ2v) is 4.57. The Morgan fingerprint density at radius 2 is 2.00 bits per heavy atom. The van der Waals surface area contributed by atoms with Crippen molar-refractivity contribution in [2.75, 3.05) is 6.54 Å². The minimum absolute atomic E-state index is 0.116. The Labute approximate surface area is 112 Å². The van der Waals surface area contributed by atoms with Gasteiger partial charge in [0, 0.05) is 23.7 Å². The lowest BCUT2D eigenvalue weighted by Crippen LogP contribution is -2.15. The van der Waals surface area contributed by atoms with Crippen molar-refractivity contribution >= 4 is 0 Å².